The van der Waals surface area contributed by atoms with E-state index in [0.717, 1.165) is 0 Å². The first kappa shape index (κ1) is 23.5. The Morgan fingerprint density at radius 2 is 2.04 bits per heavy atom. The van der Waals surface area contributed by atoms with Gasteiger partial charge in [0.15, 0.2) is 12.6 Å². The maximum atomic E-state index is 12.2. The van der Waals surface area contributed by atoms with E-state index in [4.69, 9.17) is 0 Å². The predicted octanol–water partition coefficient (Wildman–Crippen LogP) is 4.27. The molecule has 0 aliphatic carbocycles. The summed E-state index contributed by atoms with van der Waals surface area (Å²) >= 11 is 1.71. The van der Waals surface area contributed by atoms with Crippen molar-refractivity contribution in [2.24, 2.45) is 4.99 Å². The predicted molar refractivity (Wildman–Crippen MR) is 112 cm³/mol. The number of halogens is 4. The molecule has 0 fully saturated rings. The molecule has 0 saturated carbocycles. The normalized spacial score (nSPS) is 11.7. The van der Waals surface area contributed by atoms with Crippen molar-refractivity contribution in [2.75, 3.05) is 13.2 Å². The first-order chi connectivity index (χ1) is 12.4. The highest BCUT2D eigenvalue weighted by molar-refractivity contribution is 14.0. The Hall–Kier alpha value is -1.56. The van der Waals surface area contributed by atoms with E-state index >= 15 is 0 Å². The van der Waals surface area contributed by atoms with Crippen molar-refractivity contribution < 1.29 is 17.9 Å². The Kier molecular flexibility index (Phi) is 9.84. The van der Waals surface area contributed by atoms with Gasteiger partial charge < -0.3 is 15.4 Å². The number of nitrogens with one attached hydrogen (secondary N) is 2. The fourth-order valence-corrected chi connectivity index (χ4v) is 2.88. The summed E-state index contributed by atoms with van der Waals surface area (Å²) in [6, 6.07) is 7.27. The molecule has 2 heterocycles. The molecule has 0 radical (unpaired) electrons. The van der Waals surface area contributed by atoms with Gasteiger partial charge in [0.2, 0.25) is 5.88 Å². The molecule has 2 rings (SSSR count). The molecule has 0 aliphatic rings. The molecule has 27 heavy (non-hydrogen) atoms. The van der Waals surface area contributed by atoms with Crippen molar-refractivity contribution in [3.05, 3.63) is 45.8 Å². The third-order valence-corrected chi connectivity index (χ3v) is 4.17. The van der Waals surface area contributed by atoms with E-state index in [0.29, 0.717) is 31.2 Å². The molecule has 150 valence electrons. The fourth-order valence-electron chi connectivity index (χ4n) is 2.05. The number of thiophene rings is 1. The van der Waals surface area contributed by atoms with Crippen LogP contribution in [0.3, 0.4) is 0 Å². The number of hydrogen-bond donors (Lipinski definition) is 2. The highest BCUT2D eigenvalue weighted by Gasteiger charge is 2.28. The van der Waals surface area contributed by atoms with Crippen LogP contribution in [0.15, 0.2) is 35.5 Å². The second-order valence-electron chi connectivity index (χ2n) is 5.47. The van der Waals surface area contributed by atoms with Gasteiger partial charge in [-0.25, -0.2) is 9.98 Å². The molecule has 0 aliphatic heterocycles. The molecule has 0 amide bonds. The first-order valence-corrected chi connectivity index (χ1v) is 8.89. The lowest BCUT2D eigenvalue weighted by Gasteiger charge is -2.11. The zero-order valence-electron chi connectivity index (χ0n) is 15.0. The van der Waals surface area contributed by atoms with Gasteiger partial charge in [-0.3, -0.25) is 0 Å². The van der Waals surface area contributed by atoms with E-state index < -0.39 is 12.8 Å². The van der Waals surface area contributed by atoms with E-state index in [1.165, 1.54) is 22.0 Å². The van der Waals surface area contributed by atoms with Gasteiger partial charge in [-0.05, 0) is 37.6 Å². The maximum absolute atomic E-state index is 12.2. The summed E-state index contributed by atoms with van der Waals surface area (Å²) in [5.74, 6) is 0.565. The molecule has 2 aromatic heterocycles. The molecular weight excluding hydrogens is 492 g/mol. The number of guanidine groups is 1. The third kappa shape index (κ3) is 9.27. The molecule has 2 aromatic rings. The summed E-state index contributed by atoms with van der Waals surface area (Å²) in [5.41, 5.74) is 0.710. The van der Waals surface area contributed by atoms with Crippen molar-refractivity contribution in [1.82, 2.24) is 15.6 Å². The van der Waals surface area contributed by atoms with Gasteiger partial charge >= 0.3 is 6.18 Å². The summed E-state index contributed by atoms with van der Waals surface area (Å²) in [4.78, 5) is 10.7. The molecule has 0 unspecified atom stereocenters. The smallest absolute Gasteiger partial charge is 0.422 e. The molecule has 0 bridgehead atoms. The van der Waals surface area contributed by atoms with E-state index in [2.05, 4.69) is 44.4 Å². The first-order valence-electron chi connectivity index (χ1n) is 8.07. The number of aryl methyl sites for hydroxylation is 1. The molecule has 0 aromatic carbocycles. The Labute approximate surface area is 177 Å². The van der Waals surface area contributed by atoms with Crippen LogP contribution < -0.4 is 15.4 Å². The average molecular weight is 514 g/mol. The standard InChI is InChI=1S/C17H21F3N4OS.HI/c1-3-21-16(24-10-14-5-4-12(2)26-14)23-9-13-6-7-22-15(8-13)25-11-17(18,19)20;/h4-8H,3,9-11H2,1-2H3,(H2,21,23,24);1H. The van der Waals surface area contributed by atoms with Crippen molar-refractivity contribution in [2.45, 2.75) is 33.1 Å². The molecule has 5 nitrogen and oxygen atoms in total. The van der Waals surface area contributed by atoms with Gasteiger partial charge in [0.25, 0.3) is 0 Å². The monoisotopic (exact) mass is 514 g/mol. The Morgan fingerprint density at radius 3 is 2.67 bits per heavy atom. The van der Waals surface area contributed by atoms with E-state index in [9.17, 15) is 13.2 Å². The molecule has 0 atom stereocenters. The van der Waals surface area contributed by atoms with E-state index in [-0.39, 0.29) is 29.9 Å². The molecular formula is C17H22F3IN4OS. The van der Waals surface area contributed by atoms with Crippen LogP contribution in [0.5, 0.6) is 5.88 Å². The number of nitrogens with zero attached hydrogens (tertiary/aromatic N) is 2. The molecule has 2 N–H and O–H groups in total. The Bertz CT molecular complexity index is 737. The number of pyridine rings is 1. The zero-order valence-corrected chi connectivity index (χ0v) is 18.1. The van der Waals surface area contributed by atoms with Crippen LogP contribution in [-0.2, 0) is 13.1 Å². The number of aliphatic imine (C=N–C) groups is 1. The Morgan fingerprint density at radius 1 is 1.26 bits per heavy atom. The molecule has 0 saturated heterocycles. The Balaban J connectivity index is 0.00000364. The van der Waals surface area contributed by atoms with Crippen LogP contribution >= 0.6 is 35.3 Å². The van der Waals surface area contributed by atoms with E-state index in [1.54, 1.807) is 17.4 Å². The largest absolute Gasteiger partial charge is 0.468 e. The topological polar surface area (TPSA) is 58.5 Å². The summed E-state index contributed by atoms with van der Waals surface area (Å²) in [5, 5.41) is 6.37. The number of hydrogen-bond acceptors (Lipinski definition) is 4. The summed E-state index contributed by atoms with van der Waals surface area (Å²) < 4.78 is 41.3. The van der Waals surface area contributed by atoms with Crippen LogP contribution in [0.25, 0.3) is 0 Å². The van der Waals surface area contributed by atoms with Gasteiger partial charge in [0.1, 0.15) is 0 Å². The van der Waals surface area contributed by atoms with Crippen LogP contribution in [0.2, 0.25) is 0 Å². The third-order valence-electron chi connectivity index (χ3n) is 3.17. The number of aromatic nitrogens is 1. The second kappa shape index (κ2) is 11.3. The lowest BCUT2D eigenvalue weighted by molar-refractivity contribution is -0.154. The SMILES string of the molecule is CCNC(=NCc1ccnc(OCC(F)(F)F)c1)NCc1ccc(C)s1.I. The van der Waals surface area contributed by atoms with Crippen molar-refractivity contribution >= 4 is 41.3 Å². The van der Waals surface area contributed by atoms with Gasteiger partial charge in [-0.15, -0.1) is 35.3 Å². The number of alkyl halides is 3. The highest BCUT2D eigenvalue weighted by atomic mass is 127. The van der Waals surface area contributed by atoms with Gasteiger partial charge in [-0.2, -0.15) is 13.2 Å². The van der Waals surface area contributed by atoms with Gasteiger partial charge in [0, 0.05) is 28.6 Å². The van der Waals surface area contributed by atoms with Crippen molar-refractivity contribution in [3.63, 3.8) is 0 Å². The van der Waals surface area contributed by atoms with Crippen LogP contribution in [0.4, 0.5) is 13.2 Å². The summed E-state index contributed by atoms with van der Waals surface area (Å²) in [7, 11) is 0. The van der Waals surface area contributed by atoms with Crippen LogP contribution in [-0.4, -0.2) is 30.3 Å². The average Bonchev–Trinajstić information content (AvgIpc) is 3.01. The van der Waals surface area contributed by atoms with Crippen LogP contribution in [0, 0.1) is 6.92 Å². The number of rotatable bonds is 7. The van der Waals surface area contributed by atoms with Crippen LogP contribution in [0.1, 0.15) is 22.2 Å². The minimum atomic E-state index is -4.39. The highest BCUT2D eigenvalue weighted by Crippen LogP contribution is 2.18. The number of ether oxygens (including phenoxy) is 1. The second-order valence-corrected chi connectivity index (χ2v) is 6.84. The maximum Gasteiger partial charge on any atom is 0.422 e. The minimum Gasteiger partial charge on any atom is -0.468 e. The molecule has 0 spiro atoms. The minimum absolute atomic E-state index is 0. The fraction of sp³-hybridized carbons (Fsp3) is 0.412. The lowest BCUT2D eigenvalue weighted by Crippen LogP contribution is -2.36. The van der Waals surface area contributed by atoms with Gasteiger partial charge in [-0.1, -0.05) is 0 Å². The molecule has 10 heteroatoms. The van der Waals surface area contributed by atoms with Crippen molar-refractivity contribution in [1.29, 1.82) is 0 Å². The van der Waals surface area contributed by atoms with Crippen molar-refractivity contribution in [3.8, 4) is 5.88 Å². The lowest BCUT2D eigenvalue weighted by atomic mass is 10.3. The quantitative estimate of drug-likeness (QED) is 0.330. The van der Waals surface area contributed by atoms with Gasteiger partial charge in [0.05, 0.1) is 13.1 Å². The van der Waals surface area contributed by atoms with E-state index in [1.807, 2.05) is 6.92 Å². The summed E-state index contributed by atoms with van der Waals surface area (Å²) in [6.07, 6.45) is -2.98. The zero-order chi connectivity index (χ0) is 19.0. The summed E-state index contributed by atoms with van der Waals surface area (Å²) in [6.45, 7) is 4.30.